The molecule has 1 N–H and O–H groups in total. The van der Waals surface area contributed by atoms with Crippen molar-refractivity contribution in [3.8, 4) is 5.75 Å². The van der Waals surface area contributed by atoms with E-state index in [0.29, 0.717) is 5.56 Å². The van der Waals surface area contributed by atoms with Crippen LogP contribution in [0.25, 0.3) is 0 Å². The molecule has 1 unspecified atom stereocenters. The summed E-state index contributed by atoms with van der Waals surface area (Å²) in [5.74, 6) is 0.0482. The van der Waals surface area contributed by atoms with E-state index in [1.165, 1.54) is 25.3 Å². The van der Waals surface area contributed by atoms with Gasteiger partial charge in [0.15, 0.2) is 5.75 Å². The van der Waals surface area contributed by atoms with Gasteiger partial charge in [0.25, 0.3) is 0 Å². The monoisotopic (exact) mass is 289 g/mol. The van der Waals surface area contributed by atoms with Crippen LogP contribution in [0.1, 0.15) is 19.4 Å². The van der Waals surface area contributed by atoms with E-state index in [2.05, 4.69) is 0 Å². The fourth-order valence-corrected chi connectivity index (χ4v) is 2.96. The SMILES string of the molecule is COc1cc(CP(=O)(O)OC(C)C)ccc1[N+](=O)[O-]. The van der Waals surface area contributed by atoms with E-state index in [1.807, 2.05) is 0 Å². The van der Waals surface area contributed by atoms with Crippen LogP contribution in [0.3, 0.4) is 0 Å². The van der Waals surface area contributed by atoms with Gasteiger partial charge in [-0.05, 0) is 25.5 Å². The Kier molecular flexibility index (Phi) is 5.05. The molecule has 7 nitrogen and oxygen atoms in total. The lowest BCUT2D eigenvalue weighted by Gasteiger charge is -2.15. The summed E-state index contributed by atoms with van der Waals surface area (Å²) in [4.78, 5) is 19.8. The molecule has 0 amide bonds. The summed E-state index contributed by atoms with van der Waals surface area (Å²) in [5, 5.41) is 10.7. The molecular formula is C11H16NO6P. The molecule has 1 aromatic carbocycles. The number of rotatable bonds is 6. The van der Waals surface area contributed by atoms with Crippen molar-refractivity contribution in [2.75, 3.05) is 7.11 Å². The molecule has 0 aromatic heterocycles. The number of hydrogen-bond acceptors (Lipinski definition) is 5. The minimum absolute atomic E-state index is 0.0482. The Labute approximate surface area is 110 Å². The summed E-state index contributed by atoms with van der Waals surface area (Å²) in [6.07, 6.45) is -0.602. The number of benzene rings is 1. The predicted octanol–water partition coefficient (Wildman–Crippen LogP) is 2.71. The molecule has 0 aliphatic carbocycles. The number of hydrogen-bond donors (Lipinski definition) is 1. The van der Waals surface area contributed by atoms with Crippen LogP contribution in [0.5, 0.6) is 5.75 Å². The quantitative estimate of drug-likeness (QED) is 0.491. The van der Waals surface area contributed by atoms with Crippen LogP contribution in [-0.2, 0) is 15.3 Å². The van der Waals surface area contributed by atoms with Crippen LogP contribution in [-0.4, -0.2) is 23.0 Å². The summed E-state index contributed by atoms with van der Waals surface area (Å²) in [6, 6.07) is 4.02. The van der Waals surface area contributed by atoms with E-state index in [9.17, 15) is 19.6 Å². The lowest BCUT2D eigenvalue weighted by atomic mass is 10.2. The maximum absolute atomic E-state index is 11.8. The summed E-state index contributed by atoms with van der Waals surface area (Å²) < 4.78 is 21.6. The van der Waals surface area contributed by atoms with E-state index in [-0.39, 0.29) is 23.7 Å². The summed E-state index contributed by atoms with van der Waals surface area (Å²) in [7, 11) is -2.46. The Hall–Kier alpha value is -1.43. The molecule has 0 spiro atoms. The van der Waals surface area contributed by atoms with E-state index < -0.39 is 12.5 Å². The first-order valence-corrected chi connectivity index (χ1v) is 7.33. The third-order valence-corrected chi connectivity index (χ3v) is 3.71. The zero-order chi connectivity index (χ0) is 14.6. The van der Waals surface area contributed by atoms with Gasteiger partial charge in [-0.2, -0.15) is 0 Å². The van der Waals surface area contributed by atoms with E-state index >= 15 is 0 Å². The lowest BCUT2D eigenvalue weighted by molar-refractivity contribution is -0.385. The number of ether oxygens (including phenoxy) is 1. The number of nitrogens with zero attached hydrogens (tertiary/aromatic N) is 1. The van der Waals surface area contributed by atoms with Crippen molar-refractivity contribution in [2.24, 2.45) is 0 Å². The van der Waals surface area contributed by atoms with Crippen molar-refractivity contribution in [1.82, 2.24) is 0 Å². The van der Waals surface area contributed by atoms with Gasteiger partial charge in [-0.15, -0.1) is 0 Å². The molecule has 0 bridgehead atoms. The molecule has 0 saturated carbocycles. The van der Waals surface area contributed by atoms with E-state index in [1.54, 1.807) is 13.8 Å². The van der Waals surface area contributed by atoms with Crippen LogP contribution < -0.4 is 4.74 Å². The standard InChI is InChI=1S/C11H16NO6P/c1-8(2)18-19(15,16)7-9-4-5-10(12(13)14)11(6-9)17-3/h4-6,8H,7H2,1-3H3,(H,15,16). The van der Waals surface area contributed by atoms with Crippen molar-refractivity contribution in [3.05, 3.63) is 33.9 Å². The first-order chi connectivity index (χ1) is 8.75. The molecule has 106 valence electrons. The largest absolute Gasteiger partial charge is 0.490 e. The highest BCUT2D eigenvalue weighted by Gasteiger charge is 2.23. The molecule has 0 radical (unpaired) electrons. The molecule has 0 heterocycles. The summed E-state index contributed by atoms with van der Waals surface area (Å²) in [5.41, 5.74) is 0.248. The van der Waals surface area contributed by atoms with Crippen molar-refractivity contribution in [2.45, 2.75) is 26.1 Å². The fraction of sp³-hybridized carbons (Fsp3) is 0.455. The van der Waals surface area contributed by atoms with Gasteiger partial charge in [-0.1, -0.05) is 6.07 Å². The van der Waals surface area contributed by atoms with Crippen LogP contribution in [0.4, 0.5) is 5.69 Å². The Morgan fingerprint density at radius 3 is 2.58 bits per heavy atom. The zero-order valence-electron chi connectivity index (χ0n) is 10.9. The average molecular weight is 289 g/mol. The van der Waals surface area contributed by atoms with Gasteiger partial charge >= 0.3 is 13.3 Å². The topological polar surface area (TPSA) is 98.9 Å². The minimum Gasteiger partial charge on any atom is -0.490 e. The molecule has 1 aromatic rings. The maximum atomic E-state index is 11.8. The normalized spacial score (nSPS) is 14.2. The molecule has 1 atom stereocenters. The number of methoxy groups -OCH3 is 1. The summed E-state index contributed by atoms with van der Waals surface area (Å²) in [6.45, 7) is 3.30. The highest BCUT2D eigenvalue weighted by molar-refractivity contribution is 7.51. The average Bonchev–Trinajstić information content (AvgIpc) is 2.25. The molecule has 0 saturated heterocycles. The predicted molar refractivity (Wildman–Crippen MR) is 69.4 cm³/mol. The summed E-state index contributed by atoms with van der Waals surface area (Å²) >= 11 is 0. The molecule has 0 aliphatic heterocycles. The lowest BCUT2D eigenvalue weighted by Crippen LogP contribution is -2.02. The smallest absolute Gasteiger partial charge is 0.332 e. The second kappa shape index (κ2) is 6.14. The highest BCUT2D eigenvalue weighted by atomic mass is 31.2. The van der Waals surface area contributed by atoms with Crippen LogP contribution in [0.2, 0.25) is 0 Å². The van der Waals surface area contributed by atoms with Gasteiger partial charge in [0.1, 0.15) is 0 Å². The zero-order valence-corrected chi connectivity index (χ0v) is 11.8. The highest BCUT2D eigenvalue weighted by Crippen LogP contribution is 2.47. The molecule has 1 rings (SSSR count). The molecule has 19 heavy (non-hydrogen) atoms. The minimum atomic E-state index is -3.77. The third kappa shape index (κ3) is 4.63. The number of nitro benzene ring substituents is 1. The molecule has 0 fully saturated rings. The first-order valence-electron chi connectivity index (χ1n) is 5.56. The van der Waals surface area contributed by atoms with Crippen molar-refractivity contribution < 1.29 is 23.6 Å². The van der Waals surface area contributed by atoms with Crippen molar-refractivity contribution >= 4 is 13.3 Å². The molecule has 0 aliphatic rings. The maximum Gasteiger partial charge on any atom is 0.332 e. The van der Waals surface area contributed by atoms with Crippen LogP contribution in [0, 0.1) is 10.1 Å². The second-order valence-corrected chi connectivity index (χ2v) is 6.02. The van der Waals surface area contributed by atoms with Gasteiger partial charge in [-0.25, -0.2) is 0 Å². The van der Waals surface area contributed by atoms with Crippen LogP contribution in [0.15, 0.2) is 18.2 Å². The van der Waals surface area contributed by atoms with E-state index in [4.69, 9.17) is 9.26 Å². The Morgan fingerprint density at radius 2 is 2.11 bits per heavy atom. The Balaban J connectivity index is 2.98. The fourth-order valence-electron chi connectivity index (χ4n) is 1.57. The second-order valence-electron chi connectivity index (χ2n) is 4.21. The van der Waals surface area contributed by atoms with Gasteiger partial charge in [0, 0.05) is 6.07 Å². The number of nitro groups is 1. The molecule has 8 heteroatoms. The van der Waals surface area contributed by atoms with Crippen molar-refractivity contribution in [1.29, 1.82) is 0 Å². The van der Waals surface area contributed by atoms with Gasteiger partial charge in [-0.3, -0.25) is 14.7 Å². The first kappa shape index (κ1) is 15.6. The van der Waals surface area contributed by atoms with Gasteiger partial charge in [0.05, 0.1) is 24.3 Å². The van der Waals surface area contributed by atoms with Gasteiger partial charge in [0.2, 0.25) is 0 Å². The third-order valence-electron chi connectivity index (χ3n) is 2.20. The Morgan fingerprint density at radius 1 is 1.47 bits per heavy atom. The molecular weight excluding hydrogens is 273 g/mol. The van der Waals surface area contributed by atoms with Gasteiger partial charge < -0.3 is 14.2 Å². The van der Waals surface area contributed by atoms with Crippen LogP contribution >= 0.6 is 7.60 Å². The van der Waals surface area contributed by atoms with E-state index in [0.717, 1.165) is 0 Å². The van der Waals surface area contributed by atoms with Crippen molar-refractivity contribution in [3.63, 3.8) is 0 Å². The Bertz CT molecular complexity index is 516.